The van der Waals surface area contributed by atoms with Crippen LogP contribution in [0.2, 0.25) is 0 Å². The number of carbonyl (C=O) groups excluding carboxylic acids is 2. The van der Waals surface area contributed by atoms with E-state index in [1.165, 1.54) is 11.1 Å². The van der Waals surface area contributed by atoms with Gasteiger partial charge in [-0.2, -0.15) is 9.78 Å². The standard InChI is InChI=1S/C18H28N4O3/c1-18(2,3)25-17(24)21-10-9-13-14(11-21)20-22(15(13)19)16(23)12-7-5-4-6-8-12/h12H,4-11,19H2,1-3H3. The Hall–Kier alpha value is -2.05. The van der Waals surface area contributed by atoms with E-state index in [4.69, 9.17) is 10.5 Å². The summed E-state index contributed by atoms with van der Waals surface area (Å²) in [6.45, 7) is 6.39. The molecule has 1 aromatic heterocycles. The second kappa shape index (κ2) is 6.69. The third kappa shape index (κ3) is 3.80. The molecular weight excluding hydrogens is 320 g/mol. The molecule has 7 nitrogen and oxygen atoms in total. The summed E-state index contributed by atoms with van der Waals surface area (Å²) in [5.74, 6) is 0.448. The Bertz CT molecular complexity index is 669. The molecular formula is C18H28N4O3. The van der Waals surface area contributed by atoms with Gasteiger partial charge in [0.05, 0.1) is 12.2 Å². The van der Waals surface area contributed by atoms with E-state index in [9.17, 15) is 9.59 Å². The number of anilines is 1. The van der Waals surface area contributed by atoms with Gasteiger partial charge in [-0.05, 0) is 40.0 Å². The monoisotopic (exact) mass is 348 g/mol. The summed E-state index contributed by atoms with van der Waals surface area (Å²) in [5, 5.41) is 4.45. The van der Waals surface area contributed by atoms with Gasteiger partial charge in [-0.1, -0.05) is 19.3 Å². The van der Waals surface area contributed by atoms with E-state index in [0.717, 1.165) is 31.2 Å². The van der Waals surface area contributed by atoms with Crippen LogP contribution < -0.4 is 5.73 Å². The fourth-order valence-corrected chi connectivity index (χ4v) is 3.59. The van der Waals surface area contributed by atoms with Gasteiger partial charge in [0, 0.05) is 18.0 Å². The number of nitrogens with zero attached hydrogens (tertiary/aromatic N) is 3. The van der Waals surface area contributed by atoms with Crippen molar-refractivity contribution >= 4 is 17.8 Å². The van der Waals surface area contributed by atoms with Crippen LogP contribution in [-0.4, -0.2) is 38.8 Å². The van der Waals surface area contributed by atoms with Gasteiger partial charge in [-0.3, -0.25) is 4.79 Å². The average Bonchev–Trinajstić information content (AvgIpc) is 2.90. The molecule has 25 heavy (non-hydrogen) atoms. The minimum absolute atomic E-state index is 0.00424. The SMILES string of the molecule is CC(C)(C)OC(=O)N1CCc2c(nn(C(=O)C3CCCCC3)c2N)C1. The molecule has 7 heteroatoms. The van der Waals surface area contributed by atoms with Crippen LogP contribution in [0.15, 0.2) is 0 Å². The Labute approximate surface area is 148 Å². The van der Waals surface area contributed by atoms with Crippen molar-refractivity contribution in [2.45, 2.75) is 71.4 Å². The van der Waals surface area contributed by atoms with Gasteiger partial charge in [0.25, 0.3) is 5.91 Å². The quantitative estimate of drug-likeness (QED) is 0.842. The lowest BCUT2D eigenvalue weighted by molar-refractivity contribution is 0.0221. The molecule has 0 bridgehead atoms. The predicted molar refractivity (Wildman–Crippen MR) is 94.2 cm³/mol. The van der Waals surface area contributed by atoms with E-state index < -0.39 is 5.60 Å². The summed E-state index contributed by atoms with van der Waals surface area (Å²) >= 11 is 0. The van der Waals surface area contributed by atoms with Crippen LogP contribution >= 0.6 is 0 Å². The second-order valence-corrected chi connectivity index (χ2v) is 8.05. The molecule has 2 heterocycles. The minimum atomic E-state index is -0.535. The van der Waals surface area contributed by atoms with E-state index in [2.05, 4.69) is 5.10 Å². The number of ether oxygens (including phenoxy) is 1. The number of aromatic nitrogens is 2. The Morgan fingerprint density at radius 2 is 1.88 bits per heavy atom. The van der Waals surface area contributed by atoms with Crippen molar-refractivity contribution in [2.75, 3.05) is 12.3 Å². The van der Waals surface area contributed by atoms with Crippen molar-refractivity contribution in [3.63, 3.8) is 0 Å². The van der Waals surface area contributed by atoms with Gasteiger partial charge in [-0.25, -0.2) is 4.79 Å². The molecule has 3 rings (SSSR count). The topological polar surface area (TPSA) is 90.5 Å². The number of carbonyl (C=O) groups is 2. The molecule has 2 N–H and O–H groups in total. The maximum atomic E-state index is 12.8. The molecule has 0 saturated heterocycles. The zero-order valence-electron chi connectivity index (χ0n) is 15.4. The Morgan fingerprint density at radius 3 is 2.52 bits per heavy atom. The summed E-state index contributed by atoms with van der Waals surface area (Å²) < 4.78 is 6.80. The number of nitrogen functional groups attached to an aromatic ring is 1. The average molecular weight is 348 g/mol. The molecule has 1 aromatic rings. The van der Waals surface area contributed by atoms with E-state index in [0.29, 0.717) is 31.0 Å². The second-order valence-electron chi connectivity index (χ2n) is 8.05. The highest BCUT2D eigenvalue weighted by atomic mass is 16.6. The van der Waals surface area contributed by atoms with Gasteiger partial charge in [-0.15, -0.1) is 0 Å². The largest absolute Gasteiger partial charge is 0.444 e. The van der Waals surface area contributed by atoms with Crippen molar-refractivity contribution in [3.8, 4) is 0 Å². The fourth-order valence-electron chi connectivity index (χ4n) is 3.59. The van der Waals surface area contributed by atoms with Gasteiger partial charge in [0.2, 0.25) is 0 Å². The first-order valence-electron chi connectivity index (χ1n) is 9.14. The van der Waals surface area contributed by atoms with Crippen LogP contribution in [0, 0.1) is 5.92 Å². The smallest absolute Gasteiger partial charge is 0.410 e. The lowest BCUT2D eigenvalue weighted by Gasteiger charge is -2.29. The van der Waals surface area contributed by atoms with Crippen LogP contribution in [-0.2, 0) is 17.7 Å². The number of rotatable bonds is 1. The van der Waals surface area contributed by atoms with Crippen molar-refractivity contribution in [2.24, 2.45) is 5.92 Å². The van der Waals surface area contributed by atoms with Gasteiger partial charge >= 0.3 is 6.09 Å². The van der Waals surface area contributed by atoms with Crippen LogP contribution in [0.5, 0.6) is 0 Å². The van der Waals surface area contributed by atoms with Gasteiger partial charge in [0.15, 0.2) is 0 Å². The number of nitrogens with two attached hydrogens (primary N) is 1. The summed E-state index contributed by atoms with van der Waals surface area (Å²) in [6, 6.07) is 0. The minimum Gasteiger partial charge on any atom is -0.444 e. The number of amides is 1. The summed E-state index contributed by atoms with van der Waals surface area (Å²) in [5.41, 5.74) is 7.26. The molecule has 0 unspecified atom stereocenters. The van der Waals surface area contributed by atoms with Crippen LogP contribution in [0.3, 0.4) is 0 Å². The fraction of sp³-hybridized carbons (Fsp3) is 0.722. The van der Waals surface area contributed by atoms with Crippen molar-refractivity contribution in [1.82, 2.24) is 14.7 Å². The molecule has 1 saturated carbocycles. The zero-order chi connectivity index (χ0) is 18.2. The van der Waals surface area contributed by atoms with E-state index in [1.807, 2.05) is 20.8 Å². The zero-order valence-corrected chi connectivity index (χ0v) is 15.4. The molecule has 1 fully saturated rings. The van der Waals surface area contributed by atoms with E-state index in [-0.39, 0.29) is 17.9 Å². The maximum absolute atomic E-state index is 12.8. The lowest BCUT2D eigenvalue weighted by Crippen LogP contribution is -2.39. The highest BCUT2D eigenvalue weighted by Gasteiger charge is 2.32. The highest BCUT2D eigenvalue weighted by Crippen LogP contribution is 2.29. The van der Waals surface area contributed by atoms with Crippen LogP contribution in [0.25, 0.3) is 0 Å². The first kappa shape index (κ1) is 17.8. The summed E-state index contributed by atoms with van der Waals surface area (Å²) in [6.07, 6.45) is 5.43. The van der Waals surface area contributed by atoms with E-state index >= 15 is 0 Å². The molecule has 2 aliphatic rings. The first-order valence-corrected chi connectivity index (χ1v) is 9.14. The molecule has 1 aliphatic heterocycles. The number of fused-ring (bicyclic) bond motifs is 1. The molecule has 0 atom stereocenters. The molecule has 138 valence electrons. The predicted octanol–water partition coefficient (Wildman–Crippen LogP) is 2.98. The molecule has 1 amide bonds. The molecule has 1 aliphatic carbocycles. The third-order valence-electron chi connectivity index (χ3n) is 4.89. The molecule has 0 spiro atoms. The molecule has 0 radical (unpaired) electrons. The van der Waals surface area contributed by atoms with Crippen LogP contribution in [0.1, 0.15) is 68.9 Å². The Kier molecular flexibility index (Phi) is 4.75. The van der Waals surface area contributed by atoms with Gasteiger partial charge in [0.1, 0.15) is 11.4 Å². The molecule has 0 aromatic carbocycles. The lowest BCUT2D eigenvalue weighted by atomic mass is 9.89. The van der Waals surface area contributed by atoms with E-state index in [1.54, 1.807) is 4.90 Å². The van der Waals surface area contributed by atoms with Crippen molar-refractivity contribution in [1.29, 1.82) is 0 Å². The normalized spacial score (nSPS) is 18.8. The van der Waals surface area contributed by atoms with Crippen molar-refractivity contribution in [3.05, 3.63) is 11.3 Å². The number of hydrogen-bond donors (Lipinski definition) is 1. The van der Waals surface area contributed by atoms with Crippen molar-refractivity contribution < 1.29 is 14.3 Å². The summed E-state index contributed by atoms with van der Waals surface area (Å²) in [4.78, 5) is 26.6. The Balaban J connectivity index is 1.75. The van der Waals surface area contributed by atoms with Gasteiger partial charge < -0.3 is 15.4 Å². The maximum Gasteiger partial charge on any atom is 0.410 e. The Morgan fingerprint density at radius 1 is 1.20 bits per heavy atom. The summed E-state index contributed by atoms with van der Waals surface area (Å²) in [7, 11) is 0. The third-order valence-corrected chi connectivity index (χ3v) is 4.89. The first-order chi connectivity index (χ1) is 11.8. The number of hydrogen-bond acceptors (Lipinski definition) is 5. The highest BCUT2D eigenvalue weighted by molar-refractivity contribution is 5.84. The van der Waals surface area contributed by atoms with Crippen LogP contribution in [0.4, 0.5) is 10.6 Å².